The SMILES string of the molecule is COC(CN)C(=O)NC(CCO)C(C)C. The van der Waals surface area contributed by atoms with Crippen LogP contribution >= 0.6 is 0 Å². The lowest BCUT2D eigenvalue weighted by atomic mass is 10.0. The summed E-state index contributed by atoms with van der Waals surface area (Å²) in [5, 5.41) is 11.7. The highest BCUT2D eigenvalue weighted by Crippen LogP contribution is 2.06. The topological polar surface area (TPSA) is 84.6 Å². The summed E-state index contributed by atoms with van der Waals surface area (Å²) >= 11 is 0. The molecule has 0 heterocycles. The molecule has 5 nitrogen and oxygen atoms in total. The van der Waals surface area contributed by atoms with Crippen LogP contribution in [-0.2, 0) is 9.53 Å². The summed E-state index contributed by atoms with van der Waals surface area (Å²) in [6.45, 7) is 4.20. The molecular formula is C10H22N2O3. The van der Waals surface area contributed by atoms with E-state index in [1.54, 1.807) is 0 Å². The molecule has 5 heteroatoms. The van der Waals surface area contributed by atoms with Crippen LogP contribution in [0.15, 0.2) is 0 Å². The lowest BCUT2D eigenvalue weighted by Crippen LogP contribution is -2.47. The number of amides is 1. The van der Waals surface area contributed by atoms with Gasteiger partial charge in [-0.25, -0.2) is 0 Å². The Labute approximate surface area is 91.0 Å². The zero-order valence-corrected chi connectivity index (χ0v) is 9.69. The van der Waals surface area contributed by atoms with Crippen molar-refractivity contribution in [3.05, 3.63) is 0 Å². The number of aliphatic hydroxyl groups is 1. The van der Waals surface area contributed by atoms with Gasteiger partial charge in [0.05, 0.1) is 0 Å². The Morgan fingerprint density at radius 3 is 2.47 bits per heavy atom. The van der Waals surface area contributed by atoms with Crippen LogP contribution in [0.3, 0.4) is 0 Å². The van der Waals surface area contributed by atoms with Crippen molar-refractivity contribution in [1.29, 1.82) is 0 Å². The van der Waals surface area contributed by atoms with Crippen molar-refractivity contribution in [2.24, 2.45) is 11.7 Å². The maximum atomic E-state index is 11.6. The molecule has 0 aliphatic carbocycles. The Morgan fingerprint density at radius 2 is 2.13 bits per heavy atom. The Hall–Kier alpha value is -0.650. The van der Waals surface area contributed by atoms with Gasteiger partial charge >= 0.3 is 0 Å². The lowest BCUT2D eigenvalue weighted by molar-refractivity contribution is -0.131. The Morgan fingerprint density at radius 1 is 1.53 bits per heavy atom. The fourth-order valence-corrected chi connectivity index (χ4v) is 1.30. The van der Waals surface area contributed by atoms with Gasteiger partial charge in [-0.1, -0.05) is 13.8 Å². The number of methoxy groups -OCH3 is 1. The fourth-order valence-electron chi connectivity index (χ4n) is 1.30. The molecule has 2 unspecified atom stereocenters. The zero-order valence-electron chi connectivity index (χ0n) is 9.69. The van der Waals surface area contributed by atoms with Gasteiger partial charge in [0.2, 0.25) is 0 Å². The van der Waals surface area contributed by atoms with Crippen LogP contribution in [-0.4, -0.2) is 43.4 Å². The molecule has 0 aliphatic rings. The van der Waals surface area contributed by atoms with Gasteiger partial charge in [0.25, 0.3) is 5.91 Å². The van der Waals surface area contributed by atoms with Crippen LogP contribution in [0.5, 0.6) is 0 Å². The molecule has 0 aromatic rings. The summed E-state index contributed by atoms with van der Waals surface area (Å²) in [6.07, 6.45) is -0.0605. The molecule has 0 bridgehead atoms. The monoisotopic (exact) mass is 218 g/mol. The number of hydrogen-bond acceptors (Lipinski definition) is 4. The second-order valence-corrected chi connectivity index (χ2v) is 3.83. The minimum Gasteiger partial charge on any atom is -0.396 e. The van der Waals surface area contributed by atoms with Gasteiger partial charge < -0.3 is 20.9 Å². The molecule has 0 aliphatic heterocycles. The Kier molecular flexibility index (Phi) is 7.29. The van der Waals surface area contributed by atoms with E-state index >= 15 is 0 Å². The number of nitrogens with one attached hydrogen (secondary N) is 1. The summed E-state index contributed by atoms with van der Waals surface area (Å²) < 4.78 is 4.92. The zero-order chi connectivity index (χ0) is 11.8. The number of hydrogen-bond donors (Lipinski definition) is 3. The van der Waals surface area contributed by atoms with Gasteiger partial charge in [0.1, 0.15) is 6.10 Å². The second-order valence-electron chi connectivity index (χ2n) is 3.83. The first kappa shape index (κ1) is 14.3. The number of nitrogens with two attached hydrogens (primary N) is 1. The predicted molar refractivity (Wildman–Crippen MR) is 58.3 cm³/mol. The quantitative estimate of drug-likeness (QED) is 0.537. The number of aliphatic hydroxyl groups excluding tert-OH is 1. The normalized spacial score (nSPS) is 15.1. The highest BCUT2D eigenvalue weighted by atomic mass is 16.5. The maximum absolute atomic E-state index is 11.6. The third-order valence-electron chi connectivity index (χ3n) is 2.36. The van der Waals surface area contributed by atoms with Gasteiger partial charge in [0.15, 0.2) is 0 Å². The molecule has 0 saturated heterocycles. The summed E-state index contributed by atoms with van der Waals surface area (Å²) in [5.41, 5.74) is 5.37. The van der Waals surface area contributed by atoms with Gasteiger partial charge in [0, 0.05) is 26.3 Å². The van der Waals surface area contributed by atoms with E-state index in [1.807, 2.05) is 13.8 Å². The second kappa shape index (κ2) is 7.62. The van der Waals surface area contributed by atoms with E-state index in [1.165, 1.54) is 7.11 Å². The molecule has 0 rings (SSSR count). The van der Waals surface area contributed by atoms with Crippen LogP contribution in [0.2, 0.25) is 0 Å². The van der Waals surface area contributed by atoms with Gasteiger partial charge in [-0.15, -0.1) is 0 Å². The molecule has 4 N–H and O–H groups in total. The van der Waals surface area contributed by atoms with E-state index < -0.39 is 6.10 Å². The van der Waals surface area contributed by atoms with Crippen LogP contribution in [0.25, 0.3) is 0 Å². The van der Waals surface area contributed by atoms with E-state index in [9.17, 15) is 4.79 Å². The first-order chi connectivity index (χ1) is 7.06. The minimum absolute atomic E-state index is 0.0355. The first-order valence-electron chi connectivity index (χ1n) is 5.20. The van der Waals surface area contributed by atoms with Crippen molar-refractivity contribution >= 4 is 5.91 Å². The van der Waals surface area contributed by atoms with Gasteiger partial charge in [-0.2, -0.15) is 0 Å². The lowest BCUT2D eigenvalue weighted by Gasteiger charge is -2.23. The van der Waals surface area contributed by atoms with E-state index in [4.69, 9.17) is 15.6 Å². The maximum Gasteiger partial charge on any atom is 0.250 e. The molecule has 0 aromatic heterocycles. The van der Waals surface area contributed by atoms with Crippen molar-refractivity contribution in [2.75, 3.05) is 20.3 Å². The van der Waals surface area contributed by atoms with Gasteiger partial charge in [-0.05, 0) is 12.3 Å². The standard InChI is InChI=1S/C10H22N2O3/c1-7(2)8(4-5-13)12-10(14)9(6-11)15-3/h7-9,13H,4-6,11H2,1-3H3,(H,12,14). The smallest absolute Gasteiger partial charge is 0.250 e. The van der Waals surface area contributed by atoms with Crippen molar-refractivity contribution in [1.82, 2.24) is 5.32 Å². The van der Waals surface area contributed by atoms with Crippen LogP contribution in [0.1, 0.15) is 20.3 Å². The number of ether oxygens (including phenoxy) is 1. The average Bonchev–Trinajstić information content (AvgIpc) is 2.18. The van der Waals surface area contributed by atoms with Crippen LogP contribution in [0, 0.1) is 5.92 Å². The molecule has 15 heavy (non-hydrogen) atoms. The third kappa shape index (κ3) is 5.11. The molecule has 90 valence electrons. The molecule has 0 spiro atoms. The molecule has 0 fully saturated rings. The van der Waals surface area contributed by atoms with Crippen molar-refractivity contribution in [2.45, 2.75) is 32.4 Å². The van der Waals surface area contributed by atoms with E-state index in [0.29, 0.717) is 6.42 Å². The molecule has 0 saturated carbocycles. The first-order valence-corrected chi connectivity index (χ1v) is 5.20. The molecule has 0 radical (unpaired) electrons. The Bertz CT molecular complexity index is 182. The highest BCUT2D eigenvalue weighted by molar-refractivity contribution is 5.81. The summed E-state index contributed by atoms with van der Waals surface area (Å²) in [4.78, 5) is 11.6. The van der Waals surface area contributed by atoms with E-state index in [-0.39, 0.29) is 31.0 Å². The van der Waals surface area contributed by atoms with E-state index in [2.05, 4.69) is 5.32 Å². The van der Waals surface area contributed by atoms with Crippen LogP contribution < -0.4 is 11.1 Å². The predicted octanol–water partition coefficient (Wildman–Crippen LogP) is -0.517. The van der Waals surface area contributed by atoms with Crippen LogP contribution in [0.4, 0.5) is 0 Å². The Balaban J connectivity index is 4.20. The molecule has 2 atom stereocenters. The largest absolute Gasteiger partial charge is 0.396 e. The third-order valence-corrected chi connectivity index (χ3v) is 2.36. The summed E-state index contributed by atoms with van der Waals surface area (Å²) in [5.74, 6) is 0.0588. The molecule has 1 amide bonds. The number of carbonyl (C=O) groups is 1. The average molecular weight is 218 g/mol. The molecular weight excluding hydrogens is 196 g/mol. The van der Waals surface area contributed by atoms with Crippen molar-refractivity contribution < 1.29 is 14.6 Å². The fraction of sp³-hybridized carbons (Fsp3) is 0.900. The van der Waals surface area contributed by atoms with Crippen molar-refractivity contribution in [3.8, 4) is 0 Å². The summed E-state index contributed by atoms with van der Waals surface area (Å²) in [6, 6.07) is -0.0355. The van der Waals surface area contributed by atoms with E-state index in [0.717, 1.165) is 0 Å². The minimum atomic E-state index is -0.607. The highest BCUT2D eigenvalue weighted by Gasteiger charge is 2.21. The molecule has 0 aromatic carbocycles. The van der Waals surface area contributed by atoms with Gasteiger partial charge in [-0.3, -0.25) is 4.79 Å². The summed E-state index contributed by atoms with van der Waals surface area (Å²) in [7, 11) is 1.45. The van der Waals surface area contributed by atoms with Crippen molar-refractivity contribution in [3.63, 3.8) is 0 Å². The number of carbonyl (C=O) groups excluding carboxylic acids is 1. The number of rotatable bonds is 7.